The van der Waals surface area contributed by atoms with Gasteiger partial charge in [-0.25, -0.2) is 9.97 Å². The monoisotopic (exact) mass is 274 g/mol. The molecule has 6 nitrogen and oxygen atoms in total. The van der Waals surface area contributed by atoms with Crippen LogP contribution in [0.1, 0.15) is 26.0 Å². The van der Waals surface area contributed by atoms with Crippen molar-refractivity contribution in [2.45, 2.75) is 32.7 Å². The molecule has 0 aliphatic rings. The Kier molecular flexibility index (Phi) is 4.24. The molecule has 1 aromatic carbocycles. The molecule has 2 aromatic rings. The molecule has 106 valence electrons. The van der Waals surface area contributed by atoms with Crippen LogP contribution < -0.4 is 5.73 Å². The van der Waals surface area contributed by atoms with Gasteiger partial charge in [-0.15, -0.1) is 0 Å². The van der Waals surface area contributed by atoms with E-state index in [1.165, 1.54) is 18.5 Å². The zero-order valence-corrected chi connectivity index (χ0v) is 11.6. The molecule has 20 heavy (non-hydrogen) atoms. The van der Waals surface area contributed by atoms with E-state index in [1.54, 1.807) is 6.07 Å². The van der Waals surface area contributed by atoms with Crippen LogP contribution in [-0.4, -0.2) is 20.9 Å². The summed E-state index contributed by atoms with van der Waals surface area (Å²) in [5.74, 6) is 0.507. The minimum Gasteiger partial charge on any atom is -0.327 e. The lowest BCUT2D eigenvalue weighted by atomic mass is 9.99. The maximum absolute atomic E-state index is 10.9. The van der Waals surface area contributed by atoms with Gasteiger partial charge in [-0.3, -0.25) is 10.1 Å². The third-order valence-electron chi connectivity index (χ3n) is 3.14. The number of nitro groups is 1. The molecule has 1 heterocycles. The maximum Gasteiger partial charge on any atom is 0.270 e. The Morgan fingerprint density at radius 1 is 1.35 bits per heavy atom. The van der Waals surface area contributed by atoms with Gasteiger partial charge in [-0.1, -0.05) is 13.8 Å². The van der Waals surface area contributed by atoms with E-state index in [1.807, 2.05) is 0 Å². The van der Waals surface area contributed by atoms with Gasteiger partial charge in [0.25, 0.3) is 5.69 Å². The molecule has 2 N–H and O–H groups in total. The van der Waals surface area contributed by atoms with Crippen LogP contribution in [0.2, 0.25) is 0 Å². The van der Waals surface area contributed by atoms with Gasteiger partial charge >= 0.3 is 0 Å². The summed E-state index contributed by atoms with van der Waals surface area (Å²) in [6.45, 7) is 4.23. The number of nitrogens with zero attached hydrogens (tertiary/aromatic N) is 3. The summed E-state index contributed by atoms with van der Waals surface area (Å²) in [7, 11) is 0. The van der Waals surface area contributed by atoms with Crippen LogP contribution >= 0.6 is 0 Å². The van der Waals surface area contributed by atoms with E-state index in [0.717, 1.165) is 12.1 Å². The first-order valence-corrected chi connectivity index (χ1v) is 6.61. The largest absolute Gasteiger partial charge is 0.327 e. The first kappa shape index (κ1) is 14.3. The molecule has 1 aromatic heterocycles. The molecule has 1 atom stereocenters. The van der Waals surface area contributed by atoms with Gasteiger partial charge in [0.1, 0.15) is 6.33 Å². The maximum atomic E-state index is 10.9. The summed E-state index contributed by atoms with van der Waals surface area (Å²) in [6, 6.07) is 4.61. The summed E-state index contributed by atoms with van der Waals surface area (Å²) in [5, 5.41) is 11.6. The molecule has 0 radical (unpaired) electrons. The van der Waals surface area contributed by atoms with Crippen molar-refractivity contribution in [1.29, 1.82) is 0 Å². The normalized spacial score (nSPS) is 12.8. The fourth-order valence-corrected chi connectivity index (χ4v) is 2.31. The summed E-state index contributed by atoms with van der Waals surface area (Å²) in [4.78, 5) is 18.8. The van der Waals surface area contributed by atoms with Crippen LogP contribution in [0, 0.1) is 16.0 Å². The first-order chi connectivity index (χ1) is 9.47. The highest BCUT2D eigenvalue weighted by molar-refractivity contribution is 5.83. The van der Waals surface area contributed by atoms with Gasteiger partial charge in [0, 0.05) is 30.0 Å². The van der Waals surface area contributed by atoms with E-state index in [9.17, 15) is 10.1 Å². The van der Waals surface area contributed by atoms with Gasteiger partial charge in [-0.05, 0) is 18.4 Å². The highest BCUT2D eigenvalue weighted by atomic mass is 16.6. The van der Waals surface area contributed by atoms with Crippen molar-refractivity contribution in [2.24, 2.45) is 11.7 Å². The Morgan fingerprint density at radius 3 is 2.75 bits per heavy atom. The number of non-ortho nitro benzene ring substituents is 1. The Labute approximate surface area is 117 Å². The van der Waals surface area contributed by atoms with Crippen molar-refractivity contribution in [3.63, 3.8) is 0 Å². The lowest BCUT2D eigenvalue weighted by Gasteiger charge is -2.14. The molecule has 0 saturated heterocycles. The smallest absolute Gasteiger partial charge is 0.270 e. The van der Waals surface area contributed by atoms with Crippen molar-refractivity contribution >= 4 is 16.6 Å². The lowest BCUT2D eigenvalue weighted by Crippen LogP contribution is -2.25. The minimum atomic E-state index is -0.412. The minimum absolute atomic E-state index is 0.00707. The first-order valence-electron chi connectivity index (χ1n) is 6.61. The van der Waals surface area contributed by atoms with Crippen LogP contribution in [0.15, 0.2) is 24.5 Å². The van der Waals surface area contributed by atoms with Crippen LogP contribution in [0.5, 0.6) is 0 Å². The standard InChI is InChI=1S/C14H18N4O2/c1-9(2)5-10(15)6-14-12-7-11(18(19)20)3-4-13(12)16-8-17-14/h3-4,7-10H,5-6,15H2,1-2H3. The predicted molar refractivity (Wildman–Crippen MR) is 77.3 cm³/mol. The molecule has 0 fully saturated rings. The summed E-state index contributed by atoms with van der Waals surface area (Å²) in [6.07, 6.45) is 2.96. The second-order valence-corrected chi connectivity index (χ2v) is 5.37. The van der Waals surface area contributed by atoms with E-state index < -0.39 is 4.92 Å². The topological polar surface area (TPSA) is 94.9 Å². The van der Waals surface area contributed by atoms with Crippen LogP contribution in [-0.2, 0) is 6.42 Å². The fraction of sp³-hybridized carbons (Fsp3) is 0.429. The van der Waals surface area contributed by atoms with Gasteiger partial charge in [0.2, 0.25) is 0 Å². The van der Waals surface area contributed by atoms with Crippen LogP contribution in [0.3, 0.4) is 0 Å². The van der Waals surface area contributed by atoms with Crippen molar-refractivity contribution in [3.05, 3.63) is 40.3 Å². The van der Waals surface area contributed by atoms with E-state index in [0.29, 0.717) is 23.2 Å². The molecule has 6 heteroatoms. The predicted octanol–water partition coefficient (Wildman–Crippen LogP) is 2.45. The molecule has 0 aliphatic heterocycles. The Hall–Kier alpha value is -2.08. The molecule has 0 aliphatic carbocycles. The highest BCUT2D eigenvalue weighted by Crippen LogP contribution is 2.22. The molecular formula is C14H18N4O2. The van der Waals surface area contributed by atoms with E-state index in [2.05, 4.69) is 23.8 Å². The van der Waals surface area contributed by atoms with Crippen molar-refractivity contribution < 1.29 is 4.92 Å². The number of nitrogens with two attached hydrogens (primary N) is 1. The Bertz CT molecular complexity index is 628. The van der Waals surface area contributed by atoms with E-state index >= 15 is 0 Å². The van der Waals surface area contributed by atoms with Crippen LogP contribution in [0.25, 0.3) is 10.9 Å². The molecule has 1 unspecified atom stereocenters. The number of benzene rings is 1. The third kappa shape index (κ3) is 3.27. The summed E-state index contributed by atoms with van der Waals surface area (Å²) < 4.78 is 0. The number of hydrogen-bond donors (Lipinski definition) is 1. The molecule has 0 spiro atoms. The fourth-order valence-electron chi connectivity index (χ4n) is 2.31. The zero-order valence-electron chi connectivity index (χ0n) is 11.6. The molecular weight excluding hydrogens is 256 g/mol. The second-order valence-electron chi connectivity index (χ2n) is 5.37. The number of nitro benzene ring substituents is 1. The average Bonchev–Trinajstić information content (AvgIpc) is 2.37. The molecule has 0 bridgehead atoms. The lowest BCUT2D eigenvalue weighted by molar-refractivity contribution is -0.384. The second kappa shape index (κ2) is 5.92. The van der Waals surface area contributed by atoms with Crippen molar-refractivity contribution in [3.8, 4) is 0 Å². The summed E-state index contributed by atoms with van der Waals surface area (Å²) in [5.41, 5.74) is 7.62. The Balaban J connectivity index is 2.37. The number of hydrogen-bond acceptors (Lipinski definition) is 5. The number of aromatic nitrogens is 2. The van der Waals surface area contributed by atoms with E-state index in [4.69, 9.17) is 5.73 Å². The molecule has 2 rings (SSSR count). The van der Waals surface area contributed by atoms with Gasteiger partial charge in [0.15, 0.2) is 0 Å². The van der Waals surface area contributed by atoms with Gasteiger partial charge in [0.05, 0.1) is 16.1 Å². The Morgan fingerprint density at radius 2 is 2.10 bits per heavy atom. The molecule has 0 saturated carbocycles. The number of rotatable bonds is 5. The van der Waals surface area contributed by atoms with Crippen molar-refractivity contribution in [2.75, 3.05) is 0 Å². The molecule has 0 amide bonds. The van der Waals surface area contributed by atoms with E-state index in [-0.39, 0.29) is 11.7 Å². The average molecular weight is 274 g/mol. The zero-order chi connectivity index (χ0) is 14.7. The van der Waals surface area contributed by atoms with Crippen molar-refractivity contribution in [1.82, 2.24) is 9.97 Å². The van der Waals surface area contributed by atoms with Gasteiger partial charge < -0.3 is 5.73 Å². The highest BCUT2D eigenvalue weighted by Gasteiger charge is 2.13. The SMILES string of the molecule is CC(C)CC(N)Cc1ncnc2ccc([N+](=O)[O-])cc12. The summed E-state index contributed by atoms with van der Waals surface area (Å²) >= 11 is 0. The third-order valence-corrected chi connectivity index (χ3v) is 3.14. The van der Waals surface area contributed by atoms with Gasteiger partial charge in [-0.2, -0.15) is 0 Å². The number of fused-ring (bicyclic) bond motifs is 1. The quantitative estimate of drug-likeness (QED) is 0.667. The van der Waals surface area contributed by atoms with Crippen LogP contribution in [0.4, 0.5) is 5.69 Å².